The summed E-state index contributed by atoms with van der Waals surface area (Å²) >= 11 is 0. The zero-order valence-corrected chi connectivity index (χ0v) is 16.6. The Morgan fingerprint density at radius 3 is 2.31 bits per heavy atom. The molecule has 0 aromatic heterocycles. The molecule has 2 rings (SSSR count). The molecule has 2 saturated heterocycles. The molecule has 12 nitrogen and oxygen atoms in total. The molecule has 32 heavy (non-hydrogen) atoms. The fraction of sp³-hybridized carbons (Fsp3) is 0.765. The molecule has 0 radical (unpaired) electrons. The van der Waals surface area contributed by atoms with Crippen LogP contribution in [-0.4, -0.2) is 94.1 Å². The molecule has 0 spiro atoms. The van der Waals surface area contributed by atoms with Crippen LogP contribution < -0.4 is 5.32 Å². The Labute approximate surface area is 179 Å². The molecule has 3 unspecified atom stereocenters. The molecule has 15 heteroatoms. The number of imide groups is 1. The maximum absolute atomic E-state index is 12.6. The molecule has 4 N–H and O–H groups in total. The Morgan fingerprint density at radius 2 is 1.75 bits per heavy atom. The number of hydrogen-bond donors (Lipinski definition) is 4. The number of carbonyl (C=O) groups is 4. The first kappa shape index (κ1) is 25.9. The van der Waals surface area contributed by atoms with Gasteiger partial charge in [-0.15, -0.1) is 5.06 Å². The smallest absolute Gasteiger partial charge is 0.394 e. The quantitative estimate of drug-likeness (QED) is 0.223. The van der Waals surface area contributed by atoms with E-state index in [0.29, 0.717) is 5.06 Å². The summed E-state index contributed by atoms with van der Waals surface area (Å²) in [5.41, 5.74) is 0. The summed E-state index contributed by atoms with van der Waals surface area (Å²) in [6.45, 7) is -0.989. The molecule has 0 aromatic carbocycles. The molecule has 0 bridgehead atoms. The lowest BCUT2D eigenvalue weighted by Gasteiger charge is -2.42. The van der Waals surface area contributed by atoms with Gasteiger partial charge in [-0.2, -0.15) is 13.2 Å². The van der Waals surface area contributed by atoms with Crippen LogP contribution in [0.2, 0.25) is 0 Å². The third-order valence-electron chi connectivity index (χ3n) is 4.69. The van der Waals surface area contributed by atoms with Gasteiger partial charge in [-0.3, -0.25) is 14.4 Å². The van der Waals surface area contributed by atoms with E-state index in [2.05, 4.69) is 4.84 Å². The van der Waals surface area contributed by atoms with Gasteiger partial charge in [0.25, 0.3) is 11.8 Å². The van der Waals surface area contributed by atoms with Gasteiger partial charge in [0.15, 0.2) is 6.29 Å². The number of ether oxygens (including phenoxy) is 2. The topological polar surface area (TPSA) is 172 Å². The predicted octanol–water partition coefficient (Wildman–Crippen LogP) is -1.73. The van der Waals surface area contributed by atoms with Gasteiger partial charge < -0.3 is 34.9 Å². The lowest BCUT2D eigenvalue weighted by molar-refractivity contribution is -0.272. The first-order valence-electron chi connectivity index (χ1n) is 9.64. The van der Waals surface area contributed by atoms with E-state index in [1.165, 1.54) is 5.32 Å². The molecule has 5 atom stereocenters. The van der Waals surface area contributed by atoms with E-state index < -0.39 is 67.1 Å². The summed E-state index contributed by atoms with van der Waals surface area (Å²) in [6.07, 6.45) is -12.0. The number of halogens is 3. The molecule has 0 aliphatic carbocycles. The van der Waals surface area contributed by atoms with Gasteiger partial charge in [0.1, 0.15) is 24.4 Å². The number of alkyl halides is 3. The van der Waals surface area contributed by atoms with Crippen molar-refractivity contribution in [2.24, 2.45) is 0 Å². The van der Waals surface area contributed by atoms with Crippen molar-refractivity contribution in [2.75, 3.05) is 13.2 Å². The summed E-state index contributed by atoms with van der Waals surface area (Å²) in [5, 5.41) is 31.0. The minimum Gasteiger partial charge on any atom is -0.394 e. The molecule has 2 aliphatic heterocycles. The molecule has 182 valence electrons. The van der Waals surface area contributed by atoms with Gasteiger partial charge in [-0.05, 0) is 12.8 Å². The number of hydrogen-bond acceptors (Lipinski definition) is 10. The van der Waals surface area contributed by atoms with Crippen molar-refractivity contribution in [1.82, 2.24) is 10.4 Å². The van der Waals surface area contributed by atoms with E-state index in [9.17, 15) is 47.7 Å². The molecule has 3 amide bonds. The highest BCUT2D eigenvalue weighted by atomic mass is 19.4. The summed E-state index contributed by atoms with van der Waals surface area (Å²) in [5.74, 6) is -4.50. The summed E-state index contributed by atoms with van der Waals surface area (Å²) < 4.78 is 48.1. The van der Waals surface area contributed by atoms with Crippen LogP contribution in [0, 0.1) is 0 Å². The van der Waals surface area contributed by atoms with Crippen molar-refractivity contribution < 1.29 is 62.0 Å². The molecular formula is C17H23F3N2O10. The van der Waals surface area contributed by atoms with Crippen molar-refractivity contribution in [1.29, 1.82) is 0 Å². The second-order valence-electron chi connectivity index (χ2n) is 7.08. The maximum atomic E-state index is 12.6. The Hall–Kier alpha value is -2.33. The number of amides is 3. The minimum atomic E-state index is -5.26. The Bertz CT molecular complexity index is 703. The van der Waals surface area contributed by atoms with Gasteiger partial charge in [-0.1, -0.05) is 0 Å². The van der Waals surface area contributed by atoms with Gasteiger partial charge in [0, 0.05) is 25.9 Å². The molecule has 2 heterocycles. The van der Waals surface area contributed by atoms with Crippen LogP contribution >= 0.6 is 0 Å². The number of rotatable bonds is 9. The van der Waals surface area contributed by atoms with Gasteiger partial charge >= 0.3 is 18.1 Å². The Kier molecular flexibility index (Phi) is 8.91. The SMILES string of the molecule is O=C(CCCCO[C@H]1OC(CO)[C@H](O)C(O)C1NC(=O)C(F)(F)F)ON1C(=O)CCC1=O. The number of hydroxylamine groups is 2. The number of aliphatic hydroxyl groups excluding tert-OH is 3. The van der Waals surface area contributed by atoms with Crippen LogP contribution in [0.25, 0.3) is 0 Å². The molecule has 2 fully saturated rings. The second-order valence-corrected chi connectivity index (χ2v) is 7.08. The normalized spacial score (nSPS) is 28.7. The first-order chi connectivity index (χ1) is 15.0. The second kappa shape index (κ2) is 11.0. The summed E-state index contributed by atoms with van der Waals surface area (Å²) in [6, 6.07) is -1.79. The third kappa shape index (κ3) is 6.59. The standard InChI is InChI=1S/C17H23F3N2O10/c18-17(19,20)16(29)21-12-14(28)13(27)8(7-23)31-15(12)30-6-2-1-3-11(26)32-22-9(24)4-5-10(22)25/h8,12-15,23,27-28H,1-7H2,(H,21,29)/t8?,12?,13-,14?,15-/m0/s1. The van der Waals surface area contributed by atoms with Gasteiger partial charge in [-0.25, -0.2) is 4.79 Å². The van der Waals surface area contributed by atoms with Crippen molar-refractivity contribution in [3.8, 4) is 0 Å². The summed E-state index contributed by atoms with van der Waals surface area (Å²) in [7, 11) is 0. The van der Waals surface area contributed by atoms with Crippen LogP contribution in [-0.2, 0) is 33.5 Å². The number of carbonyl (C=O) groups excluding carboxylic acids is 4. The van der Waals surface area contributed by atoms with Gasteiger partial charge in [0.05, 0.1) is 6.61 Å². The maximum Gasteiger partial charge on any atom is 0.471 e. The Balaban J connectivity index is 1.83. The third-order valence-corrected chi connectivity index (χ3v) is 4.69. The highest BCUT2D eigenvalue weighted by Gasteiger charge is 2.49. The minimum absolute atomic E-state index is 0.0528. The highest BCUT2D eigenvalue weighted by Crippen LogP contribution is 2.24. The van der Waals surface area contributed by atoms with E-state index in [-0.39, 0.29) is 38.7 Å². The zero-order chi connectivity index (χ0) is 24.1. The number of aliphatic hydroxyl groups is 3. The summed E-state index contributed by atoms with van der Waals surface area (Å²) in [4.78, 5) is 50.4. The fourth-order valence-electron chi connectivity index (χ4n) is 2.99. The van der Waals surface area contributed by atoms with Crippen LogP contribution in [0.4, 0.5) is 13.2 Å². The van der Waals surface area contributed by atoms with Crippen molar-refractivity contribution in [3.05, 3.63) is 0 Å². The monoisotopic (exact) mass is 472 g/mol. The molecule has 0 saturated carbocycles. The first-order valence-corrected chi connectivity index (χ1v) is 9.64. The predicted molar refractivity (Wildman–Crippen MR) is 92.7 cm³/mol. The van der Waals surface area contributed by atoms with Gasteiger partial charge in [0.2, 0.25) is 0 Å². The average Bonchev–Trinajstić information content (AvgIpc) is 3.03. The molecule has 2 aliphatic rings. The van der Waals surface area contributed by atoms with Crippen molar-refractivity contribution in [3.63, 3.8) is 0 Å². The lowest BCUT2D eigenvalue weighted by atomic mass is 9.97. The van der Waals surface area contributed by atoms with Crippen LogP contribution in [0.3, 0.4) is 0 Å². The number of nitrogens with zero attached hydrogens (tertiary/aromatic N) is 1. The number of nitrogens with one attached hydrogen (secondary N) is 1. The van der Waals surface area contributed by atoms with Crippen LogP contribution in [0.5, 0.6) is 0 Å². The molecular weight excluding hydrogens is 449 g/mol. The van der Waals surface area contributed by atoms with E-state index in [4.69, 9.17) is 9.47 Å². The van der Waals surface area contributed by atoms with E-state index >= 15 is 0 Å². The Morgan fingerprint density at radius 1 is 1.12 bits per heavy atom. The highest BCUT2D eigenvalue weighted by molar-refractivity contribution is 6.01. The van der Waals surface area contributed by atoms with E-state index in [1.807, 2.05) is 0 Å². The fourth-order valence-corrected chi connectivity index (χ4v) is 2.99. The zero-order valence-electron chi connectivity index (χ0n) is 16.6. The largest absolute Gasteiger partial charge is 0.471 e. The molecule has 0 aromatic rings. The van der Waals surface area contributed by atoms with Crippen LogP contribution in [0.15, 0.2) is 0 Å². The number of unbranched alkanes of at least 4 members (excludes halogenated alkanes) is 1. The van der Waals surface area contributed by atoms with E-state index in [1.54, 1.807) is 0 Å². The van der Waals surface area contributed by atoms with Crippen molar-refractivity contribution in [2.45, 2.75) is 68.9 Å². The van der Waals surface area contributed by atoms with Crippen molar-refractivity contribution >= 4 is 23.7 Å². The lowest BCUT2D eigenvalue weighted by Crippen LogP contribution is -2.65. The van der Waals surface area contributed by atoms with Crippen LogP contribution in [0.1, 0.15) is 32.1 Å². The van der Waals surface area contributed by atoms with E-state index in [0.717, 1.165) is 0 Å². The average molecular weight is 472 g/mol.